The highest BCUT2D eigenvalue weighted by atomic mass is 19.1. The van der Waals surface area contributed by atoms with Crippen molar-refractivity contribution in [2.45, 2.75) is 31.5 Å². The second-order valence-electron chi connectivity index (χ2n) is 4.15. The zero-order chi connectivity index (χ0) is 10.8. The fourth-order valence-electron chi connectivity index (χ4n) is 1.96. The van der Waals surface area contributed by atoms with Crippen LogP contribution in [0.4, 0.5) is 4.39 Å². The van der Waals surface area contributed by atoms with Gasteiger partial charge in [-0.25, -0.2) is 4.39 Å². The molecule has 1 aliphatic rings. The smallest absolute Gasteiger partial charge is 0.253 e. The van der Waals surface area contributed by atoms with Gasteiger partial charge in [-0.3, -0.25) is 4.79 Å². The fraction of sp³-hybridized carbons (Fsp3) is 0.545. The quantitative estimate of drug-likeness (QED) is 0.791. The van der Waals surface area contributed by atoms with E-state index >= 15 is 0 Å². The van der Waals surface area contributed by atoms with Gasteiger partial charge < -0.3 is 9.88 Å². The summed E-state index contributed by atoms with van der Waals surface area (Å²) in [6, 6.07) is 1.77. The highest BCUT2D eigenvalue weighted by Gasteiger charge is 2.25. The third kappa shape index (κ3) is 2.37. The molecule has 1 fully saturated rings. The van der Waals surface area contributed by atoms with Crippen molar-refractivity contribution in [2.24, 2.45) is 7.05 Å². The van der Waals surface area contributed by atoms with Gasteiger partial charge in [0.25, 0.3) is 5.91 Å². The number of hydrogen-bond donors (Lipinski definition) is 1. The van der Waals surface area contributed by atoms with Crippen molar-refractivity contribution >= 4 is 5.91 Å². The van der Waals surface area contributed by atoms with Crippen LogP contribution < -0.4 is 5.32 Å². The molecule has 1 aliphatic carbocycles. The number of carbonyl (C=O) groups is 1. The van der Waals surface area contributed by atoms with Gasteiger partial charge in [0.1, 0.15) is 6.17 Å². The lowest BCUT2D eigenvalue weighted by Crippen LogP contribution is -2.32. The van der Waals surface area contributed by atoms with Crippen LogP contribution in [0.3, 0.4) is 0 Å². The summed E-state index contributed by atoms with van der Waals surface area (Å²) in [6.07, 6.45) is 4.61. The van der Waals surface area contributed by atoms with Gasteiger partial charge in [-0.2, -0.15) is 0 Å². The Hall–Kier alpha value is -1.32. The summed E-state index contributed by atoms with van der Waals surface area (Å²) in [5.74, 6) is -0.102. The Kier molecular flexibility index (Phi) is 2.75. The van der Waals surface area contributed by atoms with Crippen LogP contribution in [0, 0.1) is 0 Å². The second kappa shape index (κ2) is 4.04. The molecule has 1 aromatic rings. The van der Waals surface area contributed by atoms with E-state index in [1.54, 1.807) is 12.3 Å². The maximum absolute atomic E-state index is 12.9. The summed E-state index contributed by atoms with van der Waals surface area (Å²) in [7, 11) is 1.87. The van der Waals surface area contributed by atoms with Crippen LogP contribution in [0.2, 0.25) is 0 Å². The second-order valence-corrected chi connectivity index (χ2v) is 4.15. The molecule has 0 saturated heterocycles. The number of amides is 1. The predicted octanol–water partition coefficient (Wildman–Crippen LogP) is 1.65. The number of aryl methyl sites for hydroxylation is 1. The standard InChI is InChI=1S/C11H15FN2O/c1-14-5-4-8(7-14)11(15)13-10-3-2-9(12)6-10/h4-5,7,9-10H,2-3,6H2,1H3,(H,13,15)/t9-,10-/m1/s1. The number of nitrogens with zero attached hydrogens (tertiary/aromatic N) is 1. The number of rotatable bonds is 2. The van der Waals surface area contributed by atoms with E-state index in [-0.39, 0.29) is 11.9 Å². The van der Waals surface area contributed by atoms with Gasteiger partial charge in [-0.15, -0.1) is 0 Å². The molecule has 15 heavy (non-hydrogen) atoms. The first-order chi connectivity index (χ1) is 7.15. The van der Waals surface area contributed by atoms with E-state index in [0.717, 1.165) is 6.42 Å². The maximum Gasteiger partial charge on any atom is 0.253 e. The molecule has 2 atom stereocenters. The fourth-order valence-corrected chi connectivity index (χ4v) is 1.96. The number of hydrogen-bond acceptors (Lipinski definition) is 1. The highest BCUT2D eigenvalue weighted by Crippen LogP contribution is 2.22. The largest absolute Gasteiger partial charge is 0.356 e. The van der Waals surface area contributed by atoms with Gasteiger partial charge in [0.05, 0.1) is 5.56 Å². The third-order valence-corrected chi connectivity index (χ3v) is 2.80. The minimum atomic E-state index is -0.744. The number of alkyl halides is 1. The average Bonchev–Trinajstić information content (AvgIpc) is 2.75. The Bertz CT molecular complexity index is 361. The summed E-state index contributed by atoms with van der Waals surface area (Å²) in [6.45, 7) is 0. The van der Waals surface area contributed by atoms with Gasteiger partial charge in [-0.1, -0.05) is 0 Å². The molecule has 1 heterocycles. The van der Waals surface area contributed by atoms with Crippen LogP contribution in [0.5, 0.6) is 0 Å². The predicted molar refractivity (Wildman–Crippen MR) is 55.4 cm³/mol. The minimum Gasteiger partial charge on any atom is -0.356 e. The van der Waals surface area contributed by atoms with Crippen molar-refractivity contribution in [2.75, 3.05) is 0 Å². The topological polar surface area (TPSA) is 34.0 Å². The van der Waals surface area contributed by atoms with E-state index in [1.807, 2.05) is 17.8 Å². The number of aromatic nitrogens is 1. The van der Waals surface area contributed by atoms with Gasteiger partial charge in [0.15, 0.2) is 0 Å². The first-order valence-corrected chi connectivity index (χ1v) is 5.22. The molecule has 1 N–H and O–H groups in total. The molecule has 1 aromatic heterocycles. The molecule has 0 radical (unpaired) electrons. The van der Waals surface area contributed by atoms with E-state index in [2.05, 4.69) is 5.32 Å². The molecule has 0 aliphatic heterocycles. The van der Waals surface area contributed by atoms with Crippen molar-refractivity contribution in [3.05, 3.63) is 24.0 Å². The molecular weight excluding hydrogens is 195 g/mol. The summed E-state index contributed by atoms with van der Waals surface area (Å²) in [5.41, 5.74) is 0.639. The molecule has 0 aromatic carbocycles. The van der Waals surface area contributed by atoms with Crippen molar-refractivity contribution in [1.29, 1.82) is 0 Å². The summed E-state index contributed by atoms with van der Waals surface area (Å²) >= 11 is 0. The molecule has 0 spiro atoms. The molecule has 1 saturated carbocycles. The monoisotopic (exact) mass is 210 g/mol. The minimum absolute atomic E-state index is 0.00714. The van der Waals surface area contributed by atoms with Crippen LogP contribution in [0.15, 0.2) is 18.5 Å². The lowest BCUT2D eigenvalue weighted by Gasteiger charge is -2.10. The Morgan fingerprint density at radius 2 is 2.40 bits per heavy atom. The van der Waals surface area contributed by atoms with E-state index in [0.29, 0.717) is 18.4 Å². The molecule has 2 rings (SSSR count). The van der Waals surface area contributed by atoms with Crippen LogP contribution >= 0.6 is 0 Å². The normalized spacial score (nSPS) is 25.5. The van der Waals surface area contributed by atoms with Gasteiger partial charge in [0, 0.05) is 25.5 Å². The Morgan fingerprint density at radius 3 is 2.93 bits per heavy atom. The van der Waals surface area contributed by atoms with E-state index in [9.17, 15) is 9.18 Å². The van der Waals surface area contributed by atoms with Crippen LogP contribution in [-0.4, -0.2) is 22.7 Å². The average molecular weight is 210 g/mol. The summed E-state index contributed by atoms with van der Waals surface area (Å²) in [4.78, 5) is 11.7. The molecule has 1 amide bonds. The maximum atomic E-state index is 12.9. The Balaban J connectivity index is 1.92. The van der Waals surface area contributed by atoms with Crippen molar-refractivity contribution in [3.63, 3.8) is 0 Å². The molecule has 3 nitrogen and oxygen atoms in total. The highest BCUT2D eigenvalue weighted by molar-refractivity contribution is 5.94. The van der Waals surface area contributed by atoms with Crippen LogP contribution in [-0.2, 0) is 7.05 Å². The first kappa shape index (κ1) is 10.2. The number of halogens is 1. The van der Waals surface area contributed by atoms with Crippen molar-refractivity contribution in [3.8, 4) is 0 Å². The molecule has 82 valence electrons. The first-order valence-electron chi connectivity index (χ1n) is 5.22. The van der Waals surface area contributed by atoms with Crippen LogP contribution in [0.25, 0.3) is 0 Å². The molecular formula is C11H15FN2O. The lowest BCUT2D eigenvalue weighted by molar-refractivity contribution is 0.0936. The van der Waals surface area contributed by atoms with Crippen molar-refractivity contribution in [1.82, 2.24) is 9.88 Å². The van der Waals surface area contributed by atoms with Crippen molar-refractivity contribution < 1.29 is 9.18 Å². The van der Waals surface area contributed by atoms with E-state index in [1.165, 1.54) is 0 Å². The number of carbonyl (C=O) groups excluding carboxylic acids is 1. The SMILES string of the molecule is Cn1ccc(C(=O)N[C@@H]2CC[C@@H](F)C2)c1. The van der Waals surface area contributed by atoms with E-state index < -0.39 is 6.17 Å². The van der Waals surface area contributed by atoms with Gasteiger partial charge in [-0.05, 0) is 25.3 Å². The summed E-state index contributed by atoms with van der Waals surface area (Å²) < 4.78 is 14.7. The zero-order valence-corrected chi connectivity index (χ0v) is 8.74. The summed E-state index contributed by atoms with van der Waals surface area (Å²) in [5, 5.41) is 2.85. The molecule has 0 bridgehead atoms. The Labute approximate surface area is 88.3 Å². The van der Waals surface area contributed by atoms with E-state index in [4.69, 9.17) is 0 Å². The van der Waals surface area contributed by atoms with Gasteiger partial charge >= 0.3 is 0 Å². The zero-order valence-electron chi connectivity index (χ0n) is 8.74. The molecule has 0 unspecified atom stereocenters. The lowest BCUT2D eigenvalue weighted by atomic mass is 10.2. The van der Waals surface area contributed by atoms with Crippen LogP contribution in [0.1, 0.15) is 29.6 Å². The molecule has 4 heteroatoms. The Morgan fingerprint density at radius 1 is 1.60 bits per heavy atom. The number of nitrogens with one attached hydrogen (secondary N) is 1. The third-order valence-electron chi connectivity index (χ3n) is 2.80. The van der Waals surface area contributed by atoms with Gasteiger partial charge in [0.2, 0.25) is 0 Å².